The Morgan fingerprint density at radius 1 is 1.33 bits per heavy atom. The second-order valence-corrected chi connectivity index (χ2v) is 5.37. The summed E-state index contributed by atoms with van der Waals surface area (Å²) < 4.78 is 15.2. The number of carbonyl (C=O) groups is 2. The highest BCUT2D eigenvalue weighted by Crippen LogP contribution is 2.47. The third kappa shape index (κ3) is 1.89. The molecule has 0 amide bonds. The van der Waals surface area contributed by atoms with Gasteiger partial charge < -0.3 is 29.5 Å². The van der Waals surface area contributed by atoms with Gasteiger partial charge in [-0.2, -0.15) is 0 Å². The van der Waals surface area contributed by atoms with E-state index >= 15 is 0 Å². The first kappa shape index (κ1) is 15.9. The van der Waals surface area contributed by atoms with Crippen LogP contribution in [0.1, 0.15) is 12.5 Å². The van der Waals surface area contributed by atoms with E-state index in [1.54, 1.807) is 0 Å². The van der Waals surface area contributed by atoms with Gasteiger partial charge in [0.15, 0.2) is 0 Å². The average molecular weight is 334 g/mol. The molecule has 1 aromatic carbocycles. The molecule has 2 aliphatic heterocycles. The Morgan fingerprint density at radius 2 is 2.04 bits per heavy atom. The Morgan fingerprint density at radius 3 is 2.71 bits per heavy atom. The third-order valence-electron chi connectivity index (χ3n) is 3.98. The summed E-state index contributed by atoms with van der Waals surface area (Å²) in [4.78, 5) is 24.8. The van der Waals surface area contributed by atoms with E-state index in [2.05, 4.69) is 0 Å². The largest absolute Gasteiger partial charge is 0.507 e. The number of carbonyl (C=O) groups excluding carboxylic acids is 2. The number of fused-ring (bicyclic) bond motifs is 2. The molecule has 2 aliphatic rings. The van der Waals surface area contributed by atoms with Crippen molar-refractivity contribution in [2.45, 2.75) is 18.6 Å². The minimum Gasteiger partial charge on any atom is -0.507 e. The summed E-state index contributed by atoms with van der Waals surface area (Å²) in [6, 6.07) is 4.06. The monoisotopic (exact) mass is 334 g/mol. The summed E-state index contributed by atoms with van der Waals surface area (Å²) in [6.45, 7) is 1.42. The first-order chi connectivity index (χ1) is 11.3. The van der Waals surface area contributed by atoms with Gasteiger partial charge in [-0.3, -0.25) is 0 Å². The predicted octanol–water partition coefficient (Wildman–Crippen LogP) is 0.787. The lowest BCUT2D eigenvalue weighted by molar-refractivity contribution is -0.165. The van der Waals surface area contributed by atoms with Crippen molar-refractivity contribution in [2.75, 3.05) is 7.11 Å². The molecule has 0 aromatic heterocycles. The van der Waals surface area contributed by atoms with Crippen molar-refractivity contribution in [3.05, 3.63) is 41.2 Å². The molecule has 0 spiro atoms. The maximum Gasteiger partial charge on any atom is 0.358 e. The molecule has 0 unspecified atom stereocenters. The molecule has 0 saturated carbocycles. The molecule has 126 valence electrons. The summed E-state index contributed by atoms with van der Waals surface area (Å²) in [5.41, 5.74) is -3.08. The number of benzene rings is 1. The quantitative estimate of drug-likeness (QED) is 0.644. The normalized spacial score (nSPS) is 25.5. The van der Waals surface area contributed by atoms with E-state index in [1.165, 1.54) is 25.1 Å². The van der Waals surface area contributed by atoms with E-state index in [-0.39, 0.29) is 22.6 Å². The molecular formula is C16H14O8. The molecule has 8 heteroatoms. The van der Waals surface area contributed by atoms with Gasteiger partial charge in [0, 0.05) is 0 Å². The number of hydrogen-bond acceptors (Lipinski definition) is 8. The number of hydrogen-bond donors (Lipinski definition) is 3. The summed E-state index contributed by atoms with van der Waals surface area (Å²) >= 11 is 0. The summed E-state index contributed by atoms with van der Waals surface area (Å²) in [7, 11) is 1.05. The minimum atomic E-state index is -2.35. The molecule has 8 nitrogen and oxygen atoms in total. The number of aliphatic hydroxyl groups excluding tert-OH is 2. The number of rotatable bonds is 1. The average Bonchev–Trinajstić information content (AvgIpc) is 2.65. The zero-order chi connectivity index (χ0) is 17.6. The van der Waals surface area contributed by atoms with Gasteiger partial charge >= 0.3 is 11.9 Å². The Labute approximate surface area is 136 Å². The SMILES string of the molecule is COC(=O)[C@]12Oc3cccc(O)c3C(O)=C1C(=O)OC=C(C)[C@H]2O. The van der Waals surface area contributed by atoms with Crippen molar-refractivity contribution in [3.8, 4) is 11.5 Å². The van der Waals surface area contributed by atoms with Gasteiger partial charge in [0.2, 0.25) is 0 Å². The third-order valence-corrected chi connectivity index (χ3v) is 3.98. The lowest BCUT2D eigenvalue weighted by Gasteiger charge is -2.38. The second kappa shape index (κ2) is 5.27. The number of phenols is 1. The fourth-order valence-corrected chi connectivity index (χ4v) is 2.81. The molecule has 0 aliphatic carbocycles. The minimum absolute atomic E-state index is 0.0943. The number of esters is 2. The number of aromatic hydroxyl groups is 1. The zero-order valence-corrected chi connectivity index (χ0v) is 12.8. The van der Waals surface area contributed by atoms with Gasteiger partial charge in [0.25, 0.3) is 5.60 Å². The van der Waals surface area contributed by atoms with E-state index in [4.69, 9.17) is 14.2 Å². The molecule has 0 fully saturated rings. The van der Waals surface area contributed by atoms with Crippen molar-refractivity contribution in [1.82, 2.24) is 0 Å². The molecule has 0 saturated heterocycles. The van der Waals surface area contributed by atoms with Gasteiger partial charge in [-0.05, 0) is 24.6 Å². The van der Waals surface area contributed by atoms with Gasteiger partial charge in [0.05, 0.1) is 13.4 Å². The predicted molar refractivity (Wildman–Crippen MR) is 78.9 cm³/mol. The molecule has 3 rings (SSSR count). The van der Waals surface area contributed by atoms with E-state index in [1.807, 2.05) is 0 Å². The van der Waals surface area contributed by atoms with Gasteiger partial charge in [-0.25, -0.2) is 9.59 Å². The van der Waals surface area contributed by atoms with Crippen LogP contribution in [0.5, 0.6) is 11.5 Å². The van der Waals surface area contributed by atoms with Crippen molar-refractivity contribution >= 4 is 17.7 Å². The first-order valence-electron chi connectivity index (χ1n) is 6.93. The van der Waals surface area contributed by atoms with Crippen LogP contribution in [0.3, 0.4) is 0 Å². The number of aliphatic hydroxyl groups is 2. The van der Waals surface area contributed by atoms with Gasteiger partial charge in [-0.1, -0.05) is 6.07 Å². The van der Waals surface area contributed by atoms with Gasteiger partial charge in [-0.15, -0.1) is 0 Å². The number of cyclic esters (lactones) is 1. The van der Waals surface area contributed by atoms with Crippen LogP contribution in [0.25, 0.3) is 5.76 Å². The molecule has 2 atom stereocenters. The smallest absolute Gasteiger partial charge is 0.358 e. The van der Waals surface area contributed by atoms with Gasteiger partial charge in [0.1, 0.15) is 34.5 Å². The maximum absolute atomic E-state index is 12.5. The molecule has 3 N–H and O–H groups in total. The molecule has 24 heavy (non-hydrogen) atoms. The fourth-order valence-electron chi connectivity index (χ4n) is 2.81. The van der Waals surface area contributed by atoms with Crippen molar-refractivity contribution in [1.29, 1.82) is 0 Å². The Bertz CT molecular complexity index is 806. The Balaban J connectivity index is 2.40. The summed E-state index contributed by atoms with van der Waals surface area (Å²) in [5.74, 6) is -3.40. The van der Waals surface area contributed by atoms with E-state index in [9.17, 15) is 24.9 Å². The van der Waals surface area contributed by atoms with Crippen molar-refractivity contribution in [3.63, 3.8) is 0 Å². The highest BCUT2D eigenvalue weighted by molar-refractivity contribution is 6.08. The summed E-state index contributed by atoms with van der Waals surface area (Å²) in [6.07, 6.45) is -0.700. The van der Waals surface area contributed by atoms with E-state index in [0.29, 0.717) is 0 Å². The lowest BCUT2D eigenvalue weighted by Crippen LogP contribution is -2.59. The van der Waals surface area contributed by atoms with Crippen LogP contribution >= 0.6 is 0 Å². The fraction of sp³-hybridized carbons (Fsp3) is 0.250. The topological polar surface area (TPSA) is 123 Å². The highest BCUT2D eigenvalue weighted by Gasteiger charge is 2.61. The number of phenolic OH excluding ortho intramolecular Hbond substituents is 1. The Hall–Kier alpha value is -3.00. The van der Waals surface area contributed by atoms with Crippen LogP contribution in [0.4, 0.5) is 0 Å². The van der Waals surface area contributed by atoms with E-state index < -0.39 is 35.0 Å². The molecule has 2 heterocycles. The van der Waals surface area contributed by atoms with E-state index in [0.717, 1.165) is 13.4 Å². The number of ether oxygens (including phenoxy) is 3. The van der Waals surface area contributed by atoms with Crippen LogP contribution in [0, 0.1) is 0 Å². The van der Waals surface area contributed by atoms with Crippen LogP contribution in [0.15, 0.2) is 35.6 Å². The summed E-state index contributed by atoms with van der Waals surface area (Å²) in [5, 5.41) is 31.1. The van der Waals surface area contributed by atoms with Crippen LogP contribution < -0.4 is 4.74 Å². The van der Waals surface area contributed by atoms with Crippen LogP contribution in [-0.4, -0.2) is 46.1 Å². The lowest BCUT2D eigenvalue weighted by atomic mass is 9.81. The number of methoxy groups -OCH3 is 1. The highest BCUT2D eigenvalue weighted by atomic mass is 16.6. The first-order valence-corrected chi connectivity index (χ1v) is 6.93. The van der Waals surface area contributed by atoms with Crippen molar-refractivity contribution in [2.24, 2.45) is 0 Å². The van der Waals surface area contributed by atoms with Crippen LogP contribution in [0.2, 0.25) is 0 Å². The maximum atomic E-state index is 12.5. The molecular weight excluding hydrogens is 320 g/mol. The van der Waals surface area contributed by atoms with Crippen molar-refractivity contribution < 1.29 is 39.1 Å². The Kier molecular flexibility index (Phi) is 3.49. The molecule has 0 radical (unpaired) electrons. The zero-order valence-electron chi connectivity index (χ0n) is 12.8. The second-order valence-electron chi connectivity index (χ2n) is 5.37. The van der Waals surface area contributed by atoms with Crippen LogP contribution in [-0.2, 0) is 19.1 Å². The molecule has 1 aromatic rings. The standard InChI is InChI=1S/C16H14O8/c1-7-6-23-14(20)11-12(18)10-8(17)4-3-5-9(10)24-16(11,13(7)19)15(21)22-2/h3-6,13,17-19H,1-2H3/t13-,16+/m1/s1. The molecule has 0 bridgehead atoms.